The second kappa shape index (κ2) is 10.6. The summed E-state index contributed by atoms with van der Waals surface area (Å²) in [6.07, 6.45) is 5.38. The molecular formula is C30H30P2. The molecule has 160 valence electrons. The maximum Gasteiger partial charge on any atom is -0.00969 e. The first-order valence-corrected chi connectivity index (χ1v) is 14.6. The van der Waals surface area contributed by atoms with Crippen LogP contribution in [0, 0.1) is 5.92 Å². The molecule has 32 heavy (non-hydrogen) atoms. The molecule has 0 unspecified atom stereocenters. The van der Waals surface area contributed by atoms with E-state index >= 15 is 0 Å². The highest BCUT2D eigenvalue weighted by molar-refractivity contribution is 7.74. The Morgan fingerprint density at radius 1 is 0.500 bits per heavy atom. The van der Waals surface area contributed by atoms with Crippen LogP contribution in [0.5, 0.6) is 0 Å². The van der Waals surface area contributed by atoms with Crippen molar-refractivity contribution in [3.63, 3.8) is 0 Å². The van der Waals surface area contributed by atoms with Gasteiger partial charge in [0.05, 0.1) is 0 Å². The Morgan fingerprint density at radius 3 is 1.34 bits per heavy atom. The van der Waals surface area contributed by atoms with Crippen LogP contribution < -0.4 is 21.2 Å². The summed E-state index contributed by atoms with van der Waals surface area (Å²) in [4.78, 5) is 0. The summed E-state index contributed by atoms with van der Waals surface area (Å²) in [5.74, 6) is 0.771. The first-order chi connectivity index (χ1) is 15.9. The molecule has 0 radical (unpaired) electrons. The van der Waals surface area contributed by atoms with Gasteiger partial charge >= 0.3 is 0 Å². The first kappa shape index (κ1) is 21.6. The van der Waals surface area contributed by atoms with Gasteiger partial charge in [-0.2, -0.15) is 0 Å². The quantitative estimate of drug-likeness (QED) is 0.284. The molecule has 1 saturated carbocycles. The average molecular weight is 453 g/mol. The maximum atomic E-state index is 2.37. The molecule has 4 aromatic rings. The molecule has 0 bridgehead atoms. The van der Waals surface area contributed by atoms with Gasteiger partial charge in [0.25, 0.3) is 0 Å². The van der Waals surface area contributed by atoms with Crippen molar-refractivity contribution < 1.29 is 0 Å². The highest BCUT2D eigenvalue weighted by atomic mass is 31.1. The van der Waals surface area contributed by atoms with Crippen LogP contribution >= 0.6 is 15.8 Å². The third-order valence-corrected chi connectivity index (χ3v) is 12.3. The third-order valence-electron chi connectivity index (χ3n) is 6.57. The van der Waals surface area contributed by atoms with Crippen molar-refractivity contribution in [2.75, 3.05) is 6.16 Å². The van der Waals surface area contributed by atoms with Gasteiger partial charge in [-0.05, 0) is 67.6 Å². The zero-order valence-electron chi connectivity index (χ0n) is 18.4. The second-order valence-corrected chi connectivity index (χ2v) is 13.3. The number of hydrogen-bond donors (Lipinski definition) is 0. The predicted octanol–water partition coefficient (Wildman–Crippen LogP) is 6.42. The number of hydrogen-bond acceptors (Lipinski definition) is 0. The Kier molecular flexibility index (Phi) is 7.13. The van der Waals surface area contributed by atoms with Gasteiger partial charge in [-0.1, -0.05) is 128 Å². The fraction of sp³-hybridized carbons (Fsp3) is 0.200. The molecule has 0 aromatic heterocycles. The van der Waals surface area contributed by atoms with Crippen LogP contribution in [-0.4, -0.2) is 11.8 Å². The van der Waals surface area contributed by atoms with E-state index in [0.717, 1.165) is 11.6 Å². The van der Waals surface area contributed by atoms with Crippen LogP contribution in [0.3, 0.4) is 0 Å². The Morgan fingerprint density at radius 2 is 0.906 bits per heavy atom. The molecule has 0 amide bonds. The molecule has 1 fully saturated rings. The zero-order valence-corrected chi connectivity index (χ0v) is 20.2. The minimum absolute atomic E-state index is 0.341. The minimum atomic E-state index is -0.349. The summed E-state index contributed by atoms with van der Waals surface area (Å²) in [6, 6.07) is 45.2. The van der Waals surface area contributed by atoms with Crippen LogP contribution in [-0.2, 0) is 0 Å². The normalized spacial score (nSPS) is 18.3. The lowest BCUT2D eigenvalue weighted by Crippen LogP contribution is -2.28. The van der Waals surface area contributed by atoms with Gasteiger partial charge in [-0.15, -0.1) is 0 Å². The van der Waals surface area contributed by atoms with Crippen LogP contribution in [0.1, 0.15) is 19.3 Å². The van der Waals surface area contributed by atoms with E-state index < -0.39 is 0 Å². The van der Waals surface area contributed by atoms with E-state index in [1.165, 1.54) is 46.6 Å². The molecule has 0 nitrogen and oxygen atoms in total. The molecule has 2 heteroatoms. The Bertz CT molecular complexity index is 1000. The fourth-order valence-corrected chi connectivity index (χ4v) is 11.1. The highest BCUT2D eigenvalue weighted by Crippen LogP contribution is 2.53. The molecule has 0 heterocycles. The summed E-state index contributed by atoms with van der Waals surface area (Å²) in [7, 11) is -0.690. The topological polar surface area (TPSA) is 0 Å². The van der Waals surface area contributed by atoms with Gasteiger partial charge in [0, 0.05) is 0 Å². The van der Waals surface area contributed by atoms with E-state index in [4.69, 9.17) is 0 Å². The summed E-state index contributed by atoms with van der Waals surface area (Å²) in [6.45, 7) is 0. The lowest BCUT2D eigenvalue weighted by atomic mass is 10.1. The lowest BCUT2D eigenvalue weighted by molar-refractivity contribution is 0.630. The van der Waals surface area contributed by atoms with E-state index in [1.54, 1.807) is 0 Å². The smallest absolute Gasteiger partial charge is 0.00969 e. The van der Waals surface area contributed by atoms with Crippen LogP contribution in [0.2, 0.25) is 0 Å². The van der Waals surface area contributed by atoms with Crippen molar-refractivity contribution in [2.24, 2.45) is 5.92 Å². The SMILES string of the molecule is c1ccc(P(C[C@@H]2CCC[C@@H]2P(c2ccccc2)c2ccccc2)c2ccccc2)cc1. The molecular weight excluding hydrogens is 422 g/mol. The van der Waals surface area contributed by atoms with E-state index in [2.05, 4.69) is 121 Å². The molecule has 0 N–H and O–H groups in total. The summed E-state index contributed by atoms with van der Waals surface area (Å²) < 4.78 is 0. The molecule has 1 aliphatic carbocycles. The van der Waals surface area contributed by atoms with Gasteiger partial charge in [0.15, 0.2) is 0 Å². The standard InChI is InChI=1S/C30H30P2/c1-5-15-26(16-6-1)31(27-17-7-2-8-18-27)24-25-14-13-23-30(25)32(28-19-9-3-10-20-28)29-21-11-4-12-22-29/h1-12,15-22,25,30H,13-14,23-24H2/t25-,30-/m0/s1. The van der Waals surface area contributed by atoms with Gasteiger partial charge in [-0.25, -0.2) is 0 Å². The van der Waals surface area contributed by atoms with Gasteiger partial charge in [0.1, 0.15) is 0 Å². The van der Waals surface area contributed by atoms with E-state index in [-0.39, 0.29) is 15.8 Å². The third kappa shape index (κ3) is 4.88. The van der Waals surface area contributed by atoms with Crippen LogP contribution in [0.15, 0.2) is 121 Å². The second-order valence-electron chi connectivity index (χ2n) is 8.58. The summed E-state index contributed by atoms with van der Waals surface area (Å²) >= 11 is 0. The summed E-state index contributed by atoms with van der Waals surface area (Å²) in [5, 5.41) is 6.11. The minimum Gasteiger partial charge on any atom is -0.0622 e. The van der Waals surface area contributed by atoms with Gasteiger partial charge in [-0.3, -0.25) is 0 Å². The van der Waals surface area contributed by atoms with Crippen molar-refractivity contribution in [2.45, 2.75) is 24.9 Å². The molecule has 0 saturated heterocycles. The van der Waals surface area contributed by atoms with Crippen molar-refractivity contribution >= 4 is 37.1 Å². The van der Waals surface area contributed by atoms with Crippen LogP contribution in [0.25, 0.3) is 0 Å². The first-order valence-electron chi connectivity index (χ1n) is 11.7. The van der Waals surface area contributed by atoms with Gasteiger partial charge in [0.2, 0.25) is 0 Å². The number of rotatable bonds is 7. The monoisotopic (exact) mass is 452 g/mol. The maximum absolute atomic E-state index is 2.37. The zero-order chi connectivity index (χ0) is 21.6. The molecule has 0 spiro atoms. The molecule has 2 atom stereocenters. The van der Waals surface area contributed by atoms with E-state index in [9.17, 15) is 0 Å². The summed E-state index contributed by atoms with van der Waals surface area (Å²) in [5.41, 5.74) is 0.757. The molecule has 0 aliphatic heterocycles. The predicted molar refractivity (Wildman–Crippen MR) is 144 cm³/mol. The molecule has 1 aliphatic rings. The van der Waals surface area contributed by atoms with E-state index in [0.29, 0.717) is 0 Å². The Balaban J connectivity index is 1.49. The van der Waals surface area contributed by atoms with Crippen molar-refractivity contribution in [3.05, 3.63) is 121 Å². The van der Waals surface area contributed by atoms with E-state index in [1.807, 2.05) is 0 Å². The Labute approximate surface area is 195 Å². The molecule has 5 rings (SSSR count). The van der Waals surface area contributed by atoms with Crippen LogP contribution in [0.4, 0.5) is 0 Å². The number of benzene rings is 4. The van der Waals surface area contributed by atoms with Crippen molar-refractivity contribution in [3.8, 4) is 0 Å². The largest absolute Gasteiger partial charge is 0.0622 e. The lowest BCUT2D eigenvalue weighted by Gasteiger charge is -2.32. The molecule has 4 aromatic carbocycles. The van der Waals surface area contributed by atoms with Crippen molar-refractivity contribution in [1.82, 2.24) is 0 Å². The Hall–Kier alpha value is -2.26. The van der Waals surface area contributed by atoms with Gasteiger partial charge < -0.3 is 0 Å². The highest BCUT2D eigenvalue weighted by Gasteiger charge is 2.36. The average Bonchev–Trinajstić information content (AvgIpc) is 3.33. The van der Waals surface area contributed by atoms with Crippen molar-refractivity contribution in [1.29, 1.82) is 0 Å². The fourth-order valence-electron chi connectivity index (χ4n) is 5.09.